The van der Waals surface area contributed by atoms with E-state index in [0.717, 1.165) is 39.0 Å². The number of rotatable bonds is 3. The Morgan fingerprint density at radius 1 is 1.31 bits per heavy atom. The molecule has 4 fully saturated rings. The van der Waals surface area contributed by atoms with E-state index < -0.39 is 0 Å². The van der Waals surface area contributed by atoms with Crippen LogP contribution in [0.2, 0.25) is 0 Å². The average molecular weight is 442 g/mol. The summed E-state index contributed by atoms with van der Waals surface area (Å²) in [7, 11) is 1.58. The fraction of sp³-hybridized carbons (Fsp3) is 0.731. The van der Waals surface area contributed by atoms with Crippen LogP contribution in [0.15, 0.2) is 12.1 Å². The standard InChI is InChI=1S/C26H35NO5/c1-15-17-10-21(30-3)20(28)9-16(17)5-8-27(15)13-19-18-11-23-25(2,12-22(18)32-24(19)29)6-4-7-26(23)14-31-26/h9-10,15,18-19,22-23,28H,4-8,11-14H2,1-3H3/t15-,18-,19-,22-,23-,25-,26-/m1/s1. The number of benzene rings is 1. The van der Waals surface area contributed by atoms with Crippen LogP contribution in [0.4, 0.5) is 0 Å². The van der Waals surface area contributed by atoms with Crippen molar-refractivity contribution in [3.8, 4) is 11.5 Å². The van der Waals surface area contributed by atoms with Crippen LogP contribution in [0.3, 0.4) is 0 Å². The third-order valence-electron chi connectivity index (χ3n) is 9.62. The van der Waals surface area contributed by atoms with Crippen molar-refractivity contribution in [1.82, 2.24) is 4.90 Å². The van der Waals surface area contributed by atoms with Gasteiger partial charge in [0.05, 0.1) is 25.2 Å². The van der Waals surface area contributed by atoms with Crippen molar-refractivity contribution in [3.05, 3.63) is 23.3 Å². The number of carbonyl (C=O) groups excluding carboxylic acids is 1. The summed E-state index contributed by atoms with van der Waals surface area (Å²) in [6, 6.07) is 3.96. The number of phenolic OH excluding ortho intramolecular Hbond substituents is 1. The first-order chi connectivity index (χ1) is 15.3. The summed E-state index contributed by atoms with van der Waals surface area (Å²) in [4.78, 5) is 15.5. The van der Waals surface area contributed by atoms with Gasteiger partial charge in [-0.3, -0.25) is 9.69 Å². The van der Waals surface area contributed by atoms with Gasteiger partial charge < -0.3 is 19.3 Å². The van der Waals surface area contributed by atoms with E-state index >= 15 is 0 Å². The van der Waals surface area contributed by atoms with Crippen LogP contribution in [0.25, 0.3) is 0 Å². The van der Waals surface area contributed by atoms with Crippen molar-refractivity contribution in [3.63, 3.8) is 0 Å². The summed E-state index contributed by atoms with van der Waals surface area (Å²) in [6.07, 6.45) is 6.60. The van der Waals surface area contributed by atoms with Gasteiger partial charge in [-0.1, -0.05) is 6.92 Å². The Morgan fingerprint density at radius 2 is 2.12 bits per heavy atom. The van der Waals surface area contributed by atoms with Crippen molar-refractivity contribution in [2.24, 2.45) is 23.2 Å². The predicted octanol–water partition coefficient (Wildman–Crippen LogP) is 3.85. The van der Waals surface area contributed by atoms with E-state index in [0.29, 0.717) is 17.6 Å². The van der Waals surface area contributed by atoms with Gasteiger partial charge in [0.2, 0.25) is 0 Å². The molecule has 3 heterocycles. The molecular formula is C26H35NO5. The molecule has 5 aliphatic rings. The van der Waals surface area contributed by atoms with E-state index in [1.54, 1.807) is 7.11 Å². The summed E-state index contributed by atoms with van der Waals surface area (Å²) in [5.74, 6) is 1.48. The molecule has 0 amide bonds. The lowest BCUT2D eigenvalue weighted by Crippen LogP contribution is -2.51. The number of epoxide rings is 1. The van der Waals surface area contributed by atoms with E-state index in [1.807, 2.05) is 12.1 Å². The fourth-order valence-electron chi connectivity index (χ4n) is 7.72. The Bertz CT molecular complexity index is 942. The number of phenols is 1. The minimum Gasteiger partial charge on any atom is -0.504 e. The minimum absolute atomic E-state index is 0.00528. The molecule has 3 aliphatic heterocycles. The first-order valence-electron chi connectivity index (χ1n) is 12.3. The zero-order valence-corrected chi connectivity index (χ0v) is 19.4. The molecule has 1 N–H and O–H groups in total. The number of fused-ring (bicyclic) bond motifs is 4. The van der Waals surface area contributed by atoms with Gasteiger partial charge in [-0.15, -0.1) is 0 Å². The van der Waals surface area contributed by atoms with Crippen molar-refractivity contribution in [2.75, 3.05) is 26.8 Å². The van der Waals surface area contributed by atoms with Crippen LogP contribution >= 0.6 is 0 Å². The molecule has 6 nitrogen and oxygen atoms in total. The molecule has 1 spiro atoms. The molecule has 0 bridgehead atoms. The lowest BCUT2D eigenvalue weighted by atomic mass is 9.53. The monoisotopic (exact) mass is 441 g/mol. The Morgan fingerprint density at radius 3 is 2.88 bits per heavy atom. The number of hydrogen-bond acceptors (Lipinski definition) is 6. The van der Waals surface area contributed by atoms with Crippen LogP contribution in [-0.4, -0.2) is 54.5 Å². The second kappa shape index (κ2) is 7.10. The molecule has 32 heavy (non-hydrogen) atoms. The van der Waals surface area contributed by atoms with Gasteiger partial charge in [-0.25, -0.2) is 0 Å². The van der Waals surface area contributed by atoms with Gasteiger partial charge >= 0.3 is 5.97 Å². The summed E-state index contributed by atoms with van der Waals surface area (Å²) >= 11 is 0. The Hall–Kier alpha value is -1.79. The molecule has 2 saturated carbocycles. The topological polar surface area (TPSA) is 71.5 Å². The number of hydrogen-bond donors (Lipinski definition) is 1. The highest BCUT2D eigenvalue weighted by Crippen LogP contribution is 2.63. The van der Waals surface area contributed by atoms with Crippen LogP contribution in [0.1, 0.15) is 63.1 Å². The summed E-state index contributed by atoms with van der Waals surface area (Å²) in [6.45, 7) is 7.12. The maximum atomic E-state index is 13.1. The molecule has 174 valence electrons. The normalized spacial score (nSPS) is 42.7. The highest BCUT2D eigenvalue weighted by molar-refractivity contribution is 5.75. The highest BCUT2D eigenvalue weighted by Gasteiger charge is 2.65. The second-order valence-corrected chi connectivity index (χ2v) is 11.2. The Labute approximate surface area is 190 Å². The molecule has 1 aromatic rings. The summed E-state index contributed by atoms with van der Waals surface area (Å²) in [5.41, 5.74) is 2.68. The minimum atomic E-state index is -0.0645. The first-order valence-corrected chi connectivity index (χ1v) is 12.3. The van der Waals surface area contributed by atoms with Crippen LogP contribution in [0, 0.1) is 23.2 Å². The summed E-state index contributed by atoms with van der Waals surface area (Å²) < 4.78 is 17.4. The number of nitrogens with zero attached hydrogens (tertiary/aromatic N) is 1. The highest BCUT2D eigenvalue weighted by atomic mass is 16.6. The van der Waals surface area contributed by atoms with E-state index in [-0.39, 0.29) is 40.8 Å². The van der Waals surface area contributed by atoms with Crippen LogP contribution in [0.5, 0.6) is 11.5 Å². The Kier molecular flexibility index (Phi) is 4.61. The maximum Gasteiger partial charge on any atom is 0.310 e. The van der Waals surface area contributed by atoms with Gasteiger partial charge in [0.1, 0.15) is 6.10 Å². The molecule has 1 aromatic carbocycles. The number of methoxy groups -OCH3 is 1. The first kappa shape index (κ1) is 20.8. The zero-order chi connectivity index (χ0) is 22.3. The van der Waals surface area contributed by atoms with Crippen molar-refractivity contribution < 1.29 is 24.1 Å². The number of aromatic hydroxyl groups is 1. The molecule has 6 rings (SSSR count). The Balaban J connectivity index is 1.23. The molecular weight excluding hydrogens is 406 g/mol. The largest absolute Gasteiger partial charge is 0.504 e. The molecule has 6 heteroatoms. The second-order valence-electron chi connectivity index (χ2n) is 11.2. The number of esters is 1. The smallest absolute Gasteiger partial charge is 0.310 e. The van der Waals surface area contributed by atoms with E-state index in [9.17, 15) is 9.90 Å². The molecule has 0 unspecified atom stereocenters. The zero-order valence-electron chi connectivity index (χ0n) is 19.4. The van der Waals surface area contributed by atoms with E-state index in [4.69, 9.17) is 14.2 Å². The predicted molar refractivity (Wildman–Crippen MR) is 119 cm³/mol. The molecule has 0 aromatic heterocycles. The SMILES string of the molecule is COc1cc2c(cc1O)CCN(C[C@H]1C(=O)O[C@@H]3C[C@@]4(C)CCC[C@@]5(CO5)[C@@H]4C[C@@H]31)[C@@H]2C. The van der Waals surface area contributed by atoms with Crippen molar-refractivity contribution >= 4 is 5.97 Å². The molecule has 0 radical (unpaired) electrons. The van der Waals surface area contributed by atoms with E-state index in [1.165, 1.54) is 30.4 Å². The lowest BCUT2D eigenvalue weighted by molar-refractivity contribution is -0.147. The van der Waals surface area contributed by atoms with Gasteiger partial charge in [0, 0.05) is 25.0 Å². The fourth-order valence-corrected chi connectivity index (χ4v) is 7.72. The maximum absolute atomic E-state index is 13.1. The quantitative estimate of drug-likeness (QED) is 0.568. The van der Waals surface area contributed by atoms with Gasteiger partial charge in [-0.2, -0.15) is 0 Å². The van der Waals surface area contributed by atoms with Gasteiger partial charge in [0.15, 0.2) is 11.5 Å². The third-order valence-corrected chi connectivity index (χ3v) is 9.62. The van der Waals surface area contributed by atoms with Gasteiger partial charge in [0.25, 0.3) is 0 Å². The van der Waals surface area contributed by atoms with Crippen LogP contribution in [-0.2, 0) is 20.7 Å². The van der Waals surface area contributed by atoms with Crippen LogP contribution < -0.4 is 4.74 Å². The number of ether oxygens (including phenoxy) is 3. The van der Waals surface area contributed by atoms with Gasteiger partial charge in [-0.05, 0) is 80.0 Å². The van der Waals surface area contributed by atoms with Crippen molar-refractivity contribution in [1.29, 1.82) is 0 Å². The molecule has 2 saturated heterocycles. The van der Waals surface area contributed by atoms with E-state index in [2.05, 4.69) is 18.7 Å². The molecule has 2 aliphatic carbocycles. The third kappa shape index (κ3) is 3.02. The van der Waals surface area contributed by atoms with Crippen molar-refractivity contribution in [2.45, 2.75) is 70.1 Å². The molecule has 7 atom stereocenters. The number of carbonyl (C=O) groups is 1. The lowest BCUT2D eigenvalue weighted by Gasteiger charge is -2.51. The summed E-state index contributed by atoms with van der Waals surface area (Å²) in [5, 5.41) is 10.2. The average Bonchev–Trinajstić information content (AvgIpc) is 3.46.